The number of carbonyl (C=O) groups excluding carboxylic acids is 1. The van der Waals surface area contributed by atoms with E-state index in [2.05, 4.69) is 46.7 Å². The fourth-order valence-electron chi connectivity index (χ4n) is 3.45. The van der Waals surface area contributed by atoms with Gasteiger partial charge in [-0.2, -0.15) is 0 Å². The topological polar surface area (TPSA) is 81.7 Å². The van der Waals surface area contributed by atoms with Crippen molar-refractivity contribution in [1.29, 1.82) is 0 Å². The van der Waals surface area contributed by atoms with Gasteiger partial charge in [0, 0.05) is 32.2 Å². The minimum absolute atomic E-state index is 0.181. The van der Waals surface area contributed by atoms with Crippen LogP contribution in [-0.2, 0) is 13.1 Å². The second kappa shape index (κ2) is 9.37. The predicted molar refractivity (Wildman–Crippen MR) is 108 cm³/mol. The molecule has 0 radical (unpaired) electrons. The molecule has 6 heteroatoms. The third-order valence-corrected chi connectivity index (χ3v) is 5.23. The Labute approximate surface area is 165 Å². The molecule has 1 aliphatic rings. The Morgan fingerprint density at radius 1 is 1.07 bits per heavy atom. The number of aromatic carboxylic acids is 1. The number of hydrogen-bond acceptors (Lipinski definition) is 3. The average Bonchev–Trinajstić information content (AvgIpc) is 2.70. The van der Waals surface area contributed by atoms with Gasteiger partial charge in [-0.15, -0.1) is 0 Å². The number of likely N-dealkylation sites (tertiary alicyclic amines) is 1. The number of rotatable bonds is 6. The summed E-state index contributed by atoms with van der Waals surface area (Å²) < 4.78 is 0. The van der Waals surface area contributed by atoms with E-state index in [4.69, 9.17) is 5.11 Å². The molecule has 0 unspecified atom stereocenters. The van der Waals surface area contributed by atoms with Gasteiger partial charge in [-0.1, -0.05) is 36.4 Å². The maximum absolute atomic E-state index is 12.1. The van der Waals surface area contributed by atoms with E-state index >= 15 is 0 Å². The molecule has 2 amide bonds. The van der Waals surface area contributed by atoms with Crippen LogP contribution in [0.1, 0.15) is 39.9 Å². The zero-order valence-electron chi connectivity index (χ0n) is 16.1. The third-order valence-electron chi connectivity index (χ3n) is 5.23. The molecule has 0 saturated carbocycles. The summed E-state index contributed by atoms with van der Waals surface area (Å²) in [4.78, 5) is 25.4. The molecule has 1 saturated heterocycles. The normalized spacial score (nSPS) is 15.2. The van der Waals surface area contributed by atoms with Gasteiger partial charge in [-0.3, -0.25) is 4.90 Å². The summed E-state index contributed by atoms with van der Waals surface area (Å²) in [5.41, 5.74) is 3.79. The average molecular weight is 381 g/mol. The van der Waals surface area contributed by atoms with Crippen molar-refractivity contribution < 1.29 is 14.7 Å². The van der Waals surface area contributed by atoms with E-state index in [1.807, 2.05) is 0 Å². The second-order valence-electron chi connectivity index (χ2n) is 7.31. The summed E-state index contributed by atoms with van der Waals surface area (Å²) in [6.07, 6.45) is 1.87. The molecule has 2 aromatic rings. The van der Waals surface area contributed by atoms with Crippen molar-refractivity contribution in [2.45, 2.75) is 38.9 Å². The van der Waals surface area contributed by atoms with Gasteiger partial charge >= 0.3 is 12.0 Å². The van der Waals surface area contributed by atoms with Gasteiger partial charge in [0.2, 0.25) is 0 Å². The van der Waals surface area contributed by atoms with E-state index in [1.54, 1.807) is 24.3 Å². The molecule has 1 aliphatic heterocycles. The number of amides is 2. The molecule has 1 fully saturated rings. The Morgan fingerprint density at radius 3 is 2.39 bits per heavy atom. The SMILES string of the molecule is Cc1ccccc1CN1CCC(NC(=O)NCc2ccc(C(=O)O)cc2)CC1. The Morgan fingerprint density at radius 2 is 1.75 bits per heavy atom. The van der Waals surface area contributed by atoms with E-state index in [9.17, 15) is 9.59 Å². The lowest BCUT2D eigenvalue weighted by molar-refractivity contribution is 0.0697. The van der Waals surface area contributed by atoms with Gasteiger partial charge in [-0.05, 0) is 48.6 Å². The number of nitrogens with one attached hydrogen (secondary N) is 2. The van der Waals surface area contributed by atoms with Crippen LogP contribution >= 0.6 is 0 Å². The third kappa shape index (κ3) is 5.57. The second-order valence-corrected chi connectivity index (χ2v) is 7.31. The predicted octanol–water partition coefficient (Wildman–Crippen LogP) is 3.16. The summed E-state index contributed by atoms with van der Waals surface area (Å²) in [7, 11) is 0. The van der Waals surface area contributed by atoms with Crippen molar-refractivity contribution in [2.75, 3.05) is 13.1 Å². The standard InChI is InChI=1S/C22H27N3O3/c1-16-4-2-3-5-19(16)15-25-12-10-20(11-13-25)24-22(28)23-14-17-6-8-18(9-7-17)21(26)27/h2-9,20H,10-15H2,1H3,(H,26,27)(H2,23,24,28). The van der Waals surface area contributed by atoms with Gasteiger partial charge < -0.3 is 15.7 Å². The van der Waals surface area contributed by atoms with Crippen LogP contribution < -0.4 is 10.6 Å². The number of carboxylic acids is 1. The van der Waals surface area contributed by atoms with Crippen molar-refractivity contribution in [3.05, 3.63) is 70.8 Å². The zero-order chi connectivity index (χ0) is 19.9. The molecule has 0 aromatic heterocycles. The Kier molecular flexibility index (Phi) is 6.66. The number of carboxylic acid groups (broad SMARTS) is 1. The first kappa shape index (κ1) is 19.9. The first-order valence-corrected chi connectivity index (χ1v) is 9.65. The summed E-state index contributed by atoms with van der Waals surface area (Å²) in [5, 5.41) is 14.8. The van der Waals surface area contributed by atoms with Crippen molar-refractivity contribution >= 4 is 12.0 Å². The van der Waals surface area contributed by atoms with E-state index in [1.165, 1.54) is 11.1 Å². The van der Waals surface area contributed by atoms with Gasteiger partial charge in [0.05, 0.1) is 5.56 Å². The number of hydrogen-bond donors (Lipinski definition) is 3. The molecule has 6 nitrogen and oxygen atoms in total. The van der Waals surface area contributed by atoms with Crippen LogP contribution in [0.25, 0.3) is 0 Å². The highest BCUT2D eigenvalue weighted by Gasteiger charge is 2.21. The van der Waals surface area contributed by atoms with Crippen LogP contribution in [0.15, 0.2) is 48.5 Å². The highest BCUT2D eigenvalue weighted by atomic mass is 16.4. The molecule has 1 heterocycles. The molecule has 3 N–H and O–H groups in total. The monoisotopic (exact) mass is 381 g/mol. The maximum atomic E-state index is 12.1. The highest BCUT2D eigenvalue weighted by Crippen LogP contribution is 2.16. The lowest BCUT2D eigenvalue weighted by Gasteiger charge is -2.32. The first-order chi connectivity index (χ1) is 13.5. The fourth-order valence-corrected chi connectivity index (χ4v) is 3.45. The van der Waals surface area contributed by atoms with Crippen molar-refractivity contribution in [3.63, 3.8) is 0 Å². The van der Waals surface area contributed by atoms with Gasteiger partial charge in [0.25, 0.3) is 0 Å². The molecule has 148 valence electrons. The van der Waals surface area contributed by atoms with Gasteiger partial charge in [-0.25, -0.2) is 9.59 Å². The molecule has 0 atom stereocenters. The number of aryl methyl sites for hydroxylation is 1. The number of carbonyl (C=O) groups is 2. The smallest absolute Gasteiger partial charge is 0.335 e. The van der Waals surface area contributed by atoms with Crippen molar-refractivity contribution in [2.24, 2.45) is 0 Å². The fraction of sp³-hybridized carbons (Fsp3) is 0.364. The number of piperidine rings is 1. The molecule has 3 rings (SSSR count). The van der Waals surface area contributed by atoms with Crippen LogP contribution in [0.3, 0.4) is 0 Å². The number of urea groups is 1. The van der Waals surface area contributed by atoms with Crippen LogP contribution in [0.2, 0.25) is 0 Å². The lowest BCUT2D eigenvalue weighted by atomic mass is 10.0. The lowest BCUT2D eigenvalue weighted by Crippen LogP contribution is -2.47. The highest BCUT2D eigenvalue weighted by molar-refractivity contribution is 5.87. The van der Waals surface area contributed by atoms with E-state index < -0.39 is 5.97 Å². The molecule has 0 bridgehead atoms. The Bertz CT molecular complexity index is 812. The zero-order valence-corrected chi connectivity index (χ0v) is 16.1. The van der Waals surface area contributed by atoms with Gasteiger partial charge in [0.1, 0.15) is 0 Å². The summed E-state index contributed by atoms with van der Waals surface area (Å²) >= 11 is 0. The number of nitrogens with zero attached hydrogens (tertiary/aromatic N) is 1. The summed E-state index contributed by atoms with van der Waals surface area (Å²) in [5.74, 6) is -0.953. The minimum atomic E-state index is -0.953. The Balaban J connectivity index is 1.39. The Hall–Kier alpha value is -2.86. The largest absolute Gasteiger partial charge is 0.478 e. The number of benzene rings is 2. The minimum Gasteiger partial charge on any atom is -0.478 e. The summed E-state index contributed by atoms with van der Waals surface area (Å²) in [6.45, 7) is 5.41. The van der Waals surface area contributed by atoms with Crippen LogP contribution in [0.4, 0.5) is 4.79 Å². The molecular formula is C22H27N3O3. The molecule has 0 aliphatic carbocycles. The molecule has 2 aromatic carbocycles. The van der Waals surface area contributed by atoms with E-state index in [0.29, 0.717) is 6.54 Å². The van der Waals surface area contributed by atoms with Crippen LogP contribution in [0.5, 0.6) is 0 Å². The summed E-state index contributed by atoms with van der Waals surface area (Å²) in [6, 6.07) is 15.0. The van der Waals surface area contributed by atoms with Crippen LogP contribution in [-0.4, -0.2) is 41.1 Å². The van der Waals surface area contributed by atoms with E-state index in [0.717, 1.165) is 38.0 Å². The molecular weight excluding hydrogens is 354 g/mol. The van der Waals surface area contributed by atoms with Crippen molar-refractivity contribution in [1.82, 2.24) is 15.5 Å². The van der Waals surface area contributed by atoms with Crippen molar-refractivity contribution in [3.8, 4) is 0 Å². The first-order valence-electron chi connectivity index (χ1n) is 9.65. The molecule has 0 spiro atoms. The maximum Gasteiger partial charge on any atom is 0.335 e. The quantitative estimate of drug-likeness (QED) is 0.718. The van der Waals surface area contributed by atoms with E-state index in [-0.39, 0.29) is 17.6 Å². The van der Waals surface area contributed by atoms with Gasteiger partial charge in [0.15, 0.2) is 0 Å². The van der Waals surface area contributed by atoms with Crippen LogP contribution in [0, 0.1) is 6.92 Å². The molecule has 28 heavy (non-hydrogen) atoms.